The lowest BCUT2D eigenvalue weighted by Crippen LogP contribution is -2.48. The van der Waals surface area contributed by atoms with Gasteiger partial charge in [-0.15, -0.1) is 0 Å². The number of nitrogens with zero attached hydrogens (tertiary/aromatic N) is 9. The van der Waals surface area contributed by atoms with Crippen molar-refractivity contribution in [3.8, 4) is 39.8 Å². The van der Waals surface area contributed by atoms with Gasteiger partial charge in [0.15, 0.2) is 0 Å². The van der Waals surface area contributed by atoms with Crippen LogP contribution < -0.4 is 19.5 Å². The molecule has 16 nitrogen and oxygen atoms in total. The van der Waals surface area contributed by atoms with Gasteiger partial charge in [0.05, 0.1) is 58.2 Å². The SMILES string of the molecule is COc1ccc(-c2cncc3ccc(C(=O)N4CCN(Cc5nc(OC)cc(OC)n5)CC4)nc23)cc1.O=C(NCCCN1CCOCC1)c1ccc2cncc(-c3ccccc3)c2n1. The summed E-state index contributed by atoms with van der Waals surface area (Å²) in [6, 6.07) is 26.7. The molecule has 9 rings (SSSR count). The van der Waals surface area contributed by atoms with E-state index >= 15 is 0 Å². The Bertz CT molecular complexity index is 2690. The van der Waals surface area contributed by atoms with Crippen LogP contribution in [0.4, 0.5) is 0 Å². The van der Waals surface area contributed by atoms with Gasteiger partial charge < -0.3 is 29.2 Å². The summed E-state index contributed by atoms with van der Waals surface area (Å²) in [5.74, 6) is 2.09. The van der Waals surface area contributed by atoms with Crippen LogP contribution in [0.3, 0.4) is 0 Å². The second-order valence-electron chi connectivity index (χ2n) is 15.5. The molecule has 2 aliphatic rings. The zero-order valence-electron chi connectivity index (χ0n) is 36.9. The molecule has 0 radical (unpaired) electrons. The summed E-state index contributed by atoms with van der Waals surface area (Å²) in [6.45, 7) is 8.25. The molecule has 0 aliphatic carbocycles. The monoisotopic (exact) mass is 876 g/mol. The number of hydrogen-bond donors (Lipinski definition) is 1. The van der Waals surface area contributed by atoms with Crippen molar-refractivity contribution in [1.82, 2.24) is 49.9 Å². The van der Waals surface area contributed by atoms with E-state index in [1.54, 1.807) is 64.3 Å². The number of hydrogen-bond acceptors (Lipinski definition) is 14. The van der Waals surface area contributed by atoms with Crippen LogP contribution in [0.2, 0.25) is 0 Å². The number of pyridine rings is 4. The average Bonchev–Trinajstić information content (AvgIpc) is 3.37. The topological polar surface area (TPSA) is 170 Å². The van der Waals surface area contributed by atoms with Crippen LogP contribution in [-0.4, -0.2) is 143 Å². The summed E-state index contributed by atoms with van der Waals surface area (Å²) in [7, 11) is 4.76. The van der Waals surface area contributed by atoms with Crippen molar-refractivity contribution < 1.29 is 28.5 Å². The standard InChI is InChI=1S/C27H28N6O4.C22H24N4O2/c1-35-20-7-4-18(5-8-20)21-16-28-15-19-6-9-22(29-26(19)21)27(34)33-12-10-32(11-13-33)17-23-30-24(36-2)14-25(31-23)37-3;27-22(24-9-4-10-26-11-13-28-14-12-26)20-8-7-18-15-23-16-19(21(18)25-20)17-5-2-1-3-6-17/h4-9,14-16H,10-13,17H2,1-3H3;1-3,5-8,15-16H,4,9-14H2,(H,24,27). The van der Waals surface area contributed by atoms with Crippen molar-refractivity contribution >= 4 is 33.6 Å². The van der Waals surface area contributed by atoms with Crippen LogP contribution in [0.25, 0.3) is 44.1 Å². The molecule has 2 aromatic carbocycles. The molecule has 2 aliphatic heterocycles. The zero-order chi connectivity index (χ0) is 45.0. The summed E-state index contributed by atoms with van der Waals surface area (Å²) >= 11 is 0. The number of ether oxygens (including phenoxy) is 4. The predicted octanol–water partition coefficient (Wildman–Crippen LogP) is 5.82. The van der Waals surface area contributed by atoms with Crippen LogP contribution in [0.5, 0.6) is 17.5 Å². The molecule has 16 heteroatoms. The highest BCUT2D eigenvalue weighted by Crippen LogP contribution is 2.29. The molecule has 0 spiro atoms. The molecule has 0 bridgehead atoms. The van der Waals surface area contributed by atoms with Crippen molar-refractivity contribution in [2.24, 2.45) is 0 Å². The third-order valence-electron chi connectivity index (χ3n) is 11.3. The van der Waals surface area contributed by atoms with E-state index in [1.807, 2.05) is 71.6 Å². The number of aromatic nitrogens is 6. The number of piperazine rings is 1. The molecular weight excluding hydrogens is 825 g/mol. The molecule has 0 saturated carbocycles. The smallest absolute Gasteiger partial charge is 0.272 e. The number of carbonyl (C=O) groups is 2. The second kappa shape index (κ2) is 21.5. The van der Waals surface area contributed by atoms with E-state index < -0.39 is 0 Å². The molecule has 65 heavy (non-hydrogen) atoms. The van der Waals surface area contributed by atoms with Crippen LogP contribution in [0.15, 0.2) is 110 Å². The number of benzene rings is 2. The van der Waals surface area contributed by atoms with Crippen LogP contribution >= 0.6 is 0 Å². The Morgan fingerprint density at radius 2 is 1.23 bits per heavy atom. The Labute approximate surface area is 377 Å². The number of nitrogens with one attached hydrogen (secondary N) is 1. The lowest BCUT2D eigenvalue weighted by Gasteiger charge is -2.34. The first-order valence-corrected chi connectivity index (χ1v) is 21.6. The molecule has 5 aromatic heterocycles. The molecule has 2 fully saturated rings. The van der Waals surface area contributed by atoms with Gasteiger partial charge in [-0.05, 0) is 60.5 Å². The Kier molecular flexibility index (Phi) is 14.7. The summed E-state index contributed by atoms with van der Waals surface area (Å²) in [5, 5.41) is 4.79. The van der Waals surface area contributed by atoms with Gasteiger partial charge >= 0.3 is 0 Å². The third kappa shape index (κ3) is 11.2. The molecule has 2 amide bonds. The van der Waals surface area contributed by atoms with E-state index in [4.69, 9.17) is 23.9 Å². The van der Waals surface area contributed by atoms with Crippen LogP contribution in [0.1, 0.15) is 33.2 Å². The van der Waals surface area contributed by atoms with E-state index in [9.17, 15) is 9.59 Å². The minimum Gasteiger partial charge on any atom is -0.497 e. The minimum atomic E-state index is -0.139. The van der Waals surface area contributed by atoms with Crippen LogP contribution in [0, 0.1) is 0 Å². The Hall–Kier alpha value is -7.14. The highest BCUT2D eigenvalue weighted by molar-refractivity contribution is 5.99. The van der Waals surface area contributed by atoms with Crippen molar-refractivity contribution in [3.05, 3.63) is 127 Å². The first-order chi connectivity index (χ1) is 31.9. The molecule has 1 N–H and O–H groups in total. The second-order valence-corrected chi connectivity index (χ2v) is 15.5. The molecule has 7 aromatic rings. The van der Waals surface area contributed by atoms with E-state index in [-0.39, 0.29) is 11.8 Å². The van der Waals surface area contributed by atoms with Gasteiger partial charge in [-0.2, -0.15) is 9.97 Å². The molecule has 0 unspecified atom stereocenters. The maximum Gasteiger partial charge on any atom is 0.272 e. The predicted molar refractivity (Wildman–Crippen MR) is 247 cm³/mol. The number of amides is 2. The van der Waals surface area contributed by atoms with E-state index in [2.05, 4.69) is 40.0 Å². The van der Waals surface area contributed by atoms with Crippen molar-refractivity contribution in [1.29, 1.82) is 0 Å². The quantitative estimate of drug-likeness (QED) is 0.138. The molecular formula is C49H52N10O6. The van der Waals surface area contributed by atoms with Crippen molar-refractivity contribution in [3.63, 3.8) is 0 Å². The number of morpholine rings is 1. The van der Waals surface area contributed by atoms with E-state index in [0.29, 0.717) is 68.2 Å². The summed E-state index contributed by atoms with van der Waals surface area (Å²) in [5.41, 5.74) is 6.19. The summed E-state index contributed by atoms with van der Waals surface area (Å²) in [6.07, 6.45) is 8.03. The fraction of sp³-hybridized carbons (Fsp3) is 0.306. The number of fused-ring (bicyclic) bond motifs is 2. The van der Waals surface area contributed by atoms with E-state index in [0.717, 1.165) is 89.1 Å². The Morgan fingerprint density at radius 3 is 1.85 bits per heavy atom. The fourth-order valence-electron chi connectivity index (χ4n) is 7.76. The van der Waals surface area contributed by atoms with Crippen molar-refractivity contribution in [2.45, 2.75) is 13.0 Å². The largest absolute Gasteiger partial charge is 0.497 e. The summed E-state index contributed by atoms with van der Waals surface area (Å²) in [4.78, 5) is 59.2. The van der Waals surface area contributed by atoms with Gasteiger partial charge in [0.25, 0.3) is 11.8 Å². The number of methoxy groups -OCH3 is 3. The summed E-state index contributed by atoms with van der Waals surface area (Å²) < 4.78 is 21.1. The van der Waals surface area contributed by atoms with Crippen LogP contribution in [-0.2, 0) is 11.3 Å². The van der Waals surface area contributed by atoms with Gasteiger partial charge in [0.2, 0.25) is 11.8 Å². The normalized spacial score (nSPS) is 14.4. The molecule has 7 heterocycles. The highest BCUT2D eigenvalue weighted by Gasteiger charge is 2.25. The highest BCUT2D eigenvalue weighted by atomic mass is 16.5. The van der Waals surface area contributed by atoms with E-state index in [1.165, 1.54) is 0 Å². The first kappa shape index (κ1) is 44.5. The Morgan fingerprint density at radius 1 is 0.631 bits per heavy atom. The number of carbonyl (C=O) groups excluding carboxylic acids is 2. The third-order valence-corrected chi connectivity index (χ3v) is 11.3. The first-order valence-electron chi connectivity index (χ1n) is 21.6. The molecule has 0 atom stereocenters. The zero-order valence-corrected chi connectivity index (χ0v) is 36.9. The molecule has 2 saturated heterocycles. The maximum absolute atomic E-state index is 13.4. The average molecular weight is 877 g/mol. The fourth-order valence-corrected chi connectivity index (χ4v) is 7.76. The number of rotatable bonds is 13. The van der Waals surface area contributed by atoms with Gasteiger partial charge in [-0.3, -0.25) is 29.4 Å². The lowest BCUT2D eigenvalue weighted by atomic mass is 10.0. The Balaban J connectivity index is 0.000000184. The van der Waals surface area contributed by atoms with Gasteiger partial charge in [0.1, 0.15) is 23.0 Å². The van der Waals surface area contributed by atoms with Gasteiger partial charge in [0, 0.05) is 92.5 Å². The molecule has 334 valence electrons. The minimum absolute atomic E-state index is 0.0849. The maximum atomic E-state index is 13.4. The van der Waals surface area contributed by atoms with Gasteiger partial charge in [-0.1, -0.05) is 42.5 Å². The van der Waals surface area contributed by atoms with Gasteiger partial charge in [-0.25, -0.2) is 9.97 Å². The lowest BCUT2D eigenvalue weighted by molar-refractivity contribution is 0.0374. The van der Waals surface area contributed by atoms with Crippen molar-refractivity contribution in [2.75, 3.05) is 86.9 Å².